The Morgan fingerprint density at radius 2 is 2.07 bits per heavy atom. The van der Waals surface area contributed by atoms with Crippen LogP contribution in [0.4, 0.5) is 11.4 Å². The van der Waals surface area contributed by atoms with Gasteiger partial charge in [0.2, 0.25) is 5.91 Å². The summed E-state index contributed by atoms with van der Waals surface area (Å²) in [4.78, 5) is 26.2. The Kier molecular flexibility index (Phi) is 4.61. The number of furan rings is 1. The number of anilines is 2. The number of carbonyl (C=O) groups excluding carboxylic acids is 2. The van der Waals surface area contributed by atoms with E-state index >= 15 is 0 Å². The number of nitrogens with zero attached hydrogens (tertiary/aromatic N) is 1. The van der Waals surface area contributed by atoms with Crippen molar-refractivity contribution in [3.8, 4) is 5.75 Å². The zero-order valence-corrected chi connectivity index (χ0v) is 16.2. The standard InChI is InChI=1S/C20H17BrN2O4/c1-26-17-11-14(5-6-15(17)23-8-2-3-19(23)24)22-20(25)18-10-12-9-13(21)4-7-16(12)27-18/h4-7,9-11H,2-3,8H2,1H3,(H,22,25). The molecule has 7 heteroatoms. The number of amides is 2. The molecule has 0 saturated carbocycles. The maximum atomic E-state index is 12.5. The van der Waals surface area contributed by atoms with E-state index < -0.39 is 0 Å². The highest BCUT2D eigenvalue weighted by Gasteiger charge is 2.24. The lowest BCUT2D eigenvalue weighted by Gasteiger charge is -2.19. The highest BCUT2D eigenvalue weighted by atomic mass is 79.9. The number of halogens is 1. The van der Waals surface area contributed by atoms with E-state index in [1.54, 1.807) is 42.3 Å². The number of rotatable bonds is 4. The molecule has 2 amide bonds. The Morgan fingerprint density at radius 3 is 2.81 bits per heavy atom. The van der Waals surface area contributed by atoms with Crippen LogP contribution in [0, 0.1) is 0 Å². The van der Waals surface area contributed by atoms with Crippen molar-refractivity contribution < 1.29 is 18.7 Å². The van der Waals surface area contributed by atoms with E-state index in [-0.39, 0.29) is 17.6 Å². The first-order valence-corrected chi connectivity index (χ1v) is 9.33. The Bertz CT molecular complexity index is 1040. The van der Waals surface area contributed by atoms with Gasteiger partial charge in [0.25, 0.3) is 5.91 Å². The third-order valence-electron chi connectivity index (χ3n) is 4.50. The fourth-order valence-corrected chi connectivity index (χ4v) is 3.58. The molecule has 1 aliphatic rings. The zero-order valence-electron chi connectivity index (χ0n) is 14.6. The summed E-state index contributed by atoms with van der Waals surface area (Å²) in [6, 6.07) is 12.5. The van der Waals surface area contributed by atoms with E-state index in [0.29, 0.717) is 35.7 Å². The predicted octanol–water partition coefficient (Wildman–Crippen LogP) is 4.58. The summed E-state index contributed by atoms with van der Waals surface area (Å²) in [5, 5.41) is 3.65. The molecular formula is C20H17BrN2O4. The van der Waals surface area contributed by atoms with E-state index in [1.807, 2.05) is 12.1 Å². The van der Waals surface area contributed by atoms with E-state index in [4.69, 9.17) is 9.15 Å². The van der Waals surface area contributed by atoms with Gasteiger partial charge < -0.3 is 19.4 Å². The minimum Gasteiger partial charge on any atom is -0.494 e. The van der Waals surface area contributed by atoms with Gasteiger partial charge in [-0.3, -0.25) is 9.59 Å². The van der Waals surface area contributed by atoms with Crippen LogP contribution in [0.2, 0.25) is 0 Å². The Morgan fingerprint density at radius 1 is 1.22 bits per heavy atom. The van der Waals surface area contributed by atoms with Gasteiger partial charge in [-0.15, -0.1) is 0 Å². The van der Waals surface area contributed by atoms with E-state index in [0.717, 1.165) is 16.3 Å². The molecule has 6 nitrogen and oxygen atoms in total. The molecule has 0 bridgehead atoms. The van der Waals surface area contributed by atoms with Gasteiger partial charge in [-0.2, -0.15) is 0 Å². The minimum atomic E-state index is -0.352. The summed E-state index contributed by atoms with van der Waals surface area (Å²) in [5.74, 6) is 0.491. The van der Waals surface area contributed by atoms with Crippen molar-refractivity contribution in [2.24, 2.45) is 0 Å². The van der Waals surface area contributed by atoms with Crippen LogP contribution >= 0.6 is 15.9 Å². The lowest BCUT2D eigenvalue weighted by Crippen LogP contribution is -2.24. The number of nitrogens with one attached hydrogen (secondary N) is 1. The molecule has 0 spiro atoms. The number of benzene rings is 2. The van der Waals surface area contributed by atoms with E-state index in [1.165, 1.54) is 0 Å². The molecule has 1 aliphatic heterocycles. The maximum Gasteiger partial charge on any atom is 0.291 e. The van der Waals surface area contributed by atoms with Gasteiger partial charge in [0.1, 0.15) is 11.3 Å². The average Bonchev–Trinajstić information content (AvgIpc) is 3.27. The van der Waals surface area contributed by atoms with Gasteiger partial charge in [0.05, 0.1) is 12.8 Å². The number of hydrogen-bond donors (Lipinski definition) is 1. The van der Waals surface area contributed by atoms with Gasteiger partial charge in [-0.25, -0.2) is 0 Å². The van der Waals surface area contributed by atoms with Crippen LogP contribution < -0.4 is 15.0 Å². The number of fused-ring (bicyclic) bond motifs is 1. The van der Waals surface area contributed by atoms with Crippen LogP contribution in [0.5, 0.6) is 5.75 Å². The number of ether oxygens (including phenoxy) is 1. The monoisotopic (exact) mass is 428 g/mol. The van der Waals surface area contributed by atoms with Crippen LogP contribution in [-0.4, -0.2) is 25.5 Å². The smallest absolute Gasteiger partial charge is 0.291 e. The molecule has 2 heterocycles. The second-order valence-corrected chi connectivity index (χ2v) is 7.20. The normalized spacial score (nSPS) is 14.0. The van der Waals surface area contributed by atoms with E-state index in [2.05, 4.69) is 21.2 Å². The van der Waals surface area contributed by atoms with Crippen molar-refractivity contribution in [3.63, 3.8) is 0 Å². The Labute approximate surface area is 164 Å². The molecule has 0 unspecified atom stereocenters. The molecule has 4 rings (SSSR count). The topological polar surface area (TPSA) is 71.8 Å². The first-order chi connectivity index (χ1) is 13.0. The first kappa shape index (κ1) is 17.6. The molecule has 2 aromatic carbocycles. The second kappa shape index (κ2) is 7.08. The predicted molar refractivity (Wildman–Crippen MR) is 106 cm³/mol. The summed E-state index contributed by atoms with van der Waals surface area (Å²) >= 11 is 3.40. The fourth-order valence-electron chi connectivity index (χ4n) is 3.20. The first-order valence-electron chi connectivity index (χ1n) is 8.54. The maximum absolute atomic E-state index is 12.5. The van der Waals surface area contributed by atoms with Gasteiger partial charge in [0.15, 0.2) is 5.76 Å². The van der Waals surface area contributed by atoms with Gasteiger partial charge in [-0.05, 0) is 42.8 Å². The molecule has 1 aromatic heterocycles. The molecule has 0 radical (unpaired) electrons. The molecular weight excluding hydrogens is 412 g/mol. The molecule has 138 valence electrons. The summed E-state index contributed by atoms with van der Waals surface area (Å²) in [5.41, 5.74) is 1.92. The lowest BCUT2D eigenvalue weighted by molar-refractivity contribution is -0.117. The van der Waals surface area contributed by atoms with Crippen molar-refractivity contribution in [2.45, 2.75) is 12.8 Å². The summed E-state index contributed by atoms with van der Waals surface area (Å²) < 4.78 is 12.0. The molecule has 0 atom stereocenters. The highest BCUT2D eigenvalue weighted by molar-refractivity contribution is 9.10. The highest BCUT2D eigenvalue weighted by Crippen LogP contribution is 2.34. The van der Waals surface area contributed by atoms with Gasteiger partial charge in [-0.1, -0.05) is 15.9 Å². The van der Waals surface area contributed by atoms with Crippen molar-refractivity contribution >= 4 is 50.1 Å². The quantitative estimate of drug-likeness (QED) is 0.659. The minimum absolute atomic E-state index is 0.0820. The number of hydrogen-bond acceptors (Lipinski definition) is 4. The molecule has 1 fully saturated rings. The molecule has 1 saturated heterocycles. The van der Waals surface area contributed by atoms with Crippen LogP contribution in [0.3, 0.4) is 0 Å². The summed E-state index contributed by atoms with van der Waals surface area (Å²) in [6.45, 7) is 0.676. The van der Waals surface area contributed by atoms with Crippen LogP contribution in [-0.2, 0) is 4.79 Å². The second-order valence-electron chi connectivity index (χ2n) is 6.28. The zero-order chi connectivity index (χ0) is 19.0. The average molecular weight is 429 g/mol. The molecule has 3 aromatic rings. The van der Waals surface area contributed by atoms with Gasteiger partial charge >= 0.3 is 0 Å². The fraction of sp³-hybridized carbons (Fsp3) is 0.200. The van der Waals surface area contributed by atoms with E-state index in [9.17, 15) is 9.59 Å². The van der Waals surface area contributed by atoms with Crippen LogP contribution in [0.1, 0.15) is 23.4 Å². The lowest BCUT2D eigenvalue weighted by atomic mass is 10.2. The third kappa shape index (κ3) is 3.42. The van der Waals surface area contributed by atoms with Crippen LogP contribution in [0.15, 0.2) is 51.4 Å². The van der Waals surface area contributed by atoms with Crippen molar-refractivity contribution in [3.05, 3.63) is 52.7 Å². The van der Waals surface area contributed by atoms with Gasteiger partial charge in [0, 0.05) is 34.6 Å². The summed E-state index contributed by atoms with van der Waals surface area (Å²) in [6.07, 6.45) is 1.38. The van der Waals surface area contributed by atoms with Crippen molar-refractivity contribution in [1.82, 2.24) is 0 Å². The molecule has 1 N–H and O–H groups in total. The molecule has 27 heavy (non-hydrogen) atoms. The number of methoxy groups -OCH3 is 1. The van der Waals surface area contributed by atoms with Crippen molar-refractivity contribution in [2.75, 3.05) is 23.9 Å². The molecule has 0 aliphatic carbocycles. The largest absolute Gasteiger partial charge is 0.494 e. The van der Waals surface area contributed by atoms with Crippen molar-refractivity contribution in [1.29, 1.82) is 0 Å². The Hall–Kier alpha value is -2.80. The summed E-state index contributed by atoms with van der Waals surface area (Å²) in [7, 11) is 1.54. The third-order valence-corrected chi connectivity index (χ3v) is 5.00. The Balaban J connectivity index is 1.57. The SMILES string of the molecule is COc1cc(NC(=O)c2cc3cc(Br)ccc3o2)ccc1N1CCCC1=O. The number of carbonyl (C=O) groups is 2. The van der Waals surface area contributed by atoms with Crippen LogP contribution in [0.25, 0.3) is 11.0 Å².